The summed E-state index contributed by atoms with van der Waals surface area (Å²) < 4.78 is 1.17. The molecule has 1 aromatic heterocycles. The molecule has 18 heavy (non-hydrogen) atoms. The third kappa shape index (κ3) is 2.19. The Morgan fingerprint density at radius 2 is 2.00 bits per heavy atom. The van der Waals surface area contributed by atoms with E-state index in [-0.39, 0.29) is 0 Å². The molecule has 1 N–H and O–H groups in total. The van der Waals surface area contributed by atoms with E-state index in [1.54, 1.807) is 11.3 Å². The smallest absolute Gasteiger partial charge is 0.188 e. The number of para-hydroxylation sites is 1. The Kier molecular flexibility index (Phi) is 2.94. The molecule has 3 aromatic rings. The van der Waals surface area contributed by atoms with E-state index in [0.717, 1.165) is 16.3 Å². The molecule has 0 bridgehead atoms. The molecule has 0 aliphatic heterocycles. The molecule has 3 rings (SSSR count). The van der Waals surface area contributed by atoms with E-state index in [1.807, 2.05) is 43.3 Å². The number of hydrogen-bond acceptors (Lipinski definition) is 3. The Labute approximate surface area is 114 Å². The van der Waals surface area contributed by atoms with Gasteiger partial charge >= 0.3 is 0 Å². The molecule has 0 saturated carbocycles. The van der Waals surface area contributed by atoms with Gasteiger partial charge in [-0.2, -0.15) is 0 Å². The zero-order chi connectivity index (χ0) is 12.5. The van der Waals surface area contributed by atoms with Crippen LogP contribution in [0.15, 0.2) is 42.5 Å². The zero-order valence-electron chi connectivity index (χ0n) is 9.77. The summed E-state index contributed by atoms with van der Waals surface area (Å²) in [6.07, 6.45) is 0. The molecule has 4 heteroatoms. The van der Waals surface area contributed by atoms with Crippen molar-refractivity contribution in [2.24, 2.45) is 0 Å². The number of anilines is 2. The molecular formula is C14H11ClN2S. The van der Waals surface area contributed by atoms with Crippen molar-refractivity contribution in [1.29, 1.82) is 0 Å². The highest BCUT2D eigenvalue weighted by Crippen LogP contribution is 2.31. The van der Waals surface area contributed by atoms with Gasteiger partial charge in [0.15, 0.2) is 5.13 Å². The Morgan fingerprint density at radius 3 is 2.83 bits per heavy atom. The first-order valence-electron chi connectivity index (χ1n) is 5.61. The van der Waals surface area contributed by atoms with Crippen molar-refractivity contribution in [1.82, 2.24) is 4.98 Å². The lowest BCUT2D eigenvalue weighted by molar-refractivity contribution is 1.41. The maximum absolute atomic E-state index is 6.16. The molecule has 0 fully saturated rings. The van der Waals surface area contributed by atoms with Gasteiger partial charge in [-0.05, 0) is 36.8 Å². The van der Waals surface area contributed by atoms with Crippen LogP contribution in [0.1, 0.15) is 5.56 Å². The lowest BCUT2D eigenvalue weighted by Crippen LogP contribution is -1.90. The summed E-state index contributed by atoms with van der Waals surface area (Å²) >= 11 is 7.78. The second kappa shape index (κ2) is 4.59. The van der Waals surface area contributed by atoms with Crippen molar-refractivity contribution in [2.75, 3.05) is 5.32 Å². The monoisotopic (exact) mass is 274 g/mol. The SMILES string of the molecule is Cc1ccc(Cl)c(Nc2nc3ccccc3s2)c1. The van der Waals surface area contributed by atoms with Gasteiger partial charge in [0.1, 0.15) is 0 Å². The molecule has 0 spiro atoms. The van der Waals surface area contributed by atoms with Gasteiger partial charge < -0.3 is 5.32 Å². The highest BCUT2D eigenvalue weighted by atomic mass is 35.5. The Hall–Kier alpha value is -1.58. The third-order valence-electron chi connectivity index (χ3n) is 2.66. The highest BCUT2D eigenvalue weighted by Gasteiger charge is 2.05. The summed E-state index contributed by atoms with van der Waals surface area (Å²) in [7, 11) is 0. The minimum absolute atomic E-state index is 0.708. The molecule has 0 saturated heterocycles. The van der Waals surface area contributed by atoms with Crippen molar-refractivity contribution in [3.63, 3.8) is 0 Å². The predicted octanol–water partition coefficient (Wildman–Crippen LogP) is 5.00. The lowest BCUT2D eigenvalue weighted by atomic mass is 10.2. The van der Waals surface area contributed by atoms with Crippen molar-refractivity contribution in [3.8, 4) is 0 Å². The van der Waals surface area contributed by atoms with Gasteiger partial charge in [0.2, 0.25) is 0 Å². The van der Waals surface area contributed by atoms with Crippen LogP contribution in [0.3, 0.4) is 0 Å². The van der Waals surface area contributed by atoms with Gasteiger partial charge in [0.05, 0.1) is 20.9 Å². The first-order chi connectivity index (χ1) is 8.72. The average molecular weight is 275 g/mol. The number of nitrogens with one attached hydrogen (secondary N) is 1. The van der Waals surface area contributed by atoms with E-state index in [0.29, 0.717) is 5.02 Å². The van der Waals surface area contributed by atoms with Crippen molar-refractivity contribution < 1.29 is 0 Å². The molecule has 0 radical (unpaired) electrons. The van der Waals surface area contributed by atoms with Crippen LogP contribution in [0.5, 0.6) is 0 Å². The van der Waals surface area contributed by atoms with Crippen molar-refractivity contribution >= 4 is 44.0 Å². The molecule has 2 aromatic carbocycles. The average Bonchev–Trinajstić information content (AvgIpc) is 2.76. The molecule has 1 heterocycles. The van der Waals surface area contributed by atoms with Gasteiger partial charge in [-0.1, -0.05) is 41.1 Å². The maximum Gasteiger partial charge on any atom is 0.188 e. The van der Waals surface area contributed by atoms with Crippen LogP contribution in [0.25, 0.3) is 10.2 Å². The van der Waals surface area contributed by atoms with Crippen LogP contribution in [-0.4, -0.2) is 4.98 Å². The van der Waals surface area contributed by atoms with Crippen LogP contribution in [-0.2, 0) is 0 Å². The number of thiazole rings is 1. The quantitative estimate of drug-likeness (QED) is 0.711. The molecular weight excluding hydrogens is 264 g/mol. The van der Waals surface area contributed by atoms with Gasteiger partial charge in [-0.3, -0.25) is 0 Å². The molecule has 0 aliphatic rings. The van der Waals surface area contributed by atoms with E-state index in [2.05, 4.69) is 16.4 Å². The van der Waals surface area contributed by atoms with E-state index in [9.17, 15) is 0 Å². The molecule has 2 nitrogen and oxygen atoms in total. The number of benzene rings is 2. The van der Waals surface area contributed by atoms with Crippen molar-refractivity contribution in [3.05, 3.63) is 53.1 Å². The summed E-state index contributed by atoms with van der Waals surface area (Å²) in [4.78, 5) is 4.53. The van der Waals surface area contributed by atoms with Gasteiger partial charge in [0, 0.05) is 0 Å². The summed E-state index contributed by atoms with van der Waals surface area (Å²) in [5.74, 6) is 0. The minimum atomic E-state index is 0.708. The van der Waals surface area contributed by atoms with Gasteiger partial charge in [-0.15, -0.1) is 0 Å². The summed E-state index contributed by atoms with van der Waals surface area (Å²) in [6.45, 7) is 2.04. The standard InChI is InChI=1S/C14H11ClN2S/c1-9-6-7-10(15)12(8-9)17-14-16-11-4-2-3-5-13(11)18-14/h2-8H,1H3,(H,16,17). The second-order valence-electron chi connectivity index (χ2n) is 4.10. The summed E-state index contributed by atoms with van der Waals surface area (Å²) in [6, 6.07) is 14.0. The Balaban J connectivity index is 1.98. The van der Waals surface area contributed by atoms with E-state index < -0.39 is 0 Å². The number of aryl methyl sites for hydroxylation is 1. The van der Waals surface area contributed by atoms with E-state index in [4.69, 9.17) is 11.6 Å². The second-order valence-corrected chi connectivity index (χ2v) is 5.53. The number of rotatable bonds is 2. The number of fused-ring (bicyclic) bond motifs is 1. The zero-order valence-corrected chi connectivity index (χ0v) is 11.3. The molecule has 0 amide bonds. The normalized spacial score (nSPS) is 10.8. The summed E-state index contributed by atoms with van der Waals surface area (Å²) in [5, 5.41) is 4.85. The first kappa shape index (κ1) is 11.5. The largest absolute Gasteiger partial charge is 0.330 e. The third-order valence-corrected chi connectivity index (χ3v) is 3.94. The topological polar surface area (TPSA) is 24.9 Å². The van der Waals surface area contributed by atoms with Crippen LogP contribution in [0.2, 0.25) is 5.02 Å². The fourth-order valence-corrected chi connectivity index (χ4v) is 2.82. The minimum Gasteiger partial charge on any atom is -0.330 e. The molecule has 0 aliphatic carbocycles. The Morgan fingerprint density at radius 1 is 1.17 bits per heavy atom. The number of nitrogens with zero attached hydrogens (tertiary/aromatic N) is 1. The fourth-order valence-electron chi connectivity index (χ4n) is 1.78. The molecule has 90 valence electrons. The maximum atomic E-state index is 6.16. The first-order valence-corrected chi connectivity index (χ1v) is 6.80. The number of aromatic nitrogens is 1. The van der Waals surface area contributed by atoms with Crippen LogP contribution in [0.4, 0.5) is 10.8 Å². The summed E-state index contributed by atoms with van der Waals surface area (Å²) in [5.41, 5.74) is 3.08. The Bertz CT molecular complexity index is 673. The van der Waals surface area contributed by atoms with Crippen LogP contribution >= 0.6 is 22.9 Å². The molecule has 0 atom stereocenters. The van der Waals surface area contributed by atoms with E-state index in [1.165, 1.54) is 10.3 Å². The van der Waals surface area contributed by atoms with Crippen LogP contribution in [0, 0.1) is 6.92 Å². The van der Waals surface area contributed by atoms with E-state index >= 15 is 0 Å². The number of halogens is 1. The number of hydrogen-bond donors (Lipinski definition) is 1. The van der Waals surface area contributed by atoms with Crippen molar-refractivity contribution in [2.45, 2.75) is 6.92 Å². The predicted molar refractivity (Wildman–Crippen MR) is 79.1 cm³/mol. The van der Waals surface area contributed by atoms with Gasteiger partial charge in [0.25, 0.3) is 0 Å². The fraction of sp³-hybridized carbons (Fsp3) is 0.0714. The van der Waals surface area contributed by atoms with Gasteiger partial charge in [-0.25, -0.2) is 4.98 Å². The molecule has 0 unspecified atom stereocenters. The highest BCUT2D eigenvalue weighted by molar-refractivity contribution is 7.22. The lowest BCUT2D eigenvalue weighted by Gasteiger charge is -2.05. The van der Waals surface area contributed by atoms with Crippen LogP contribution < -0.4 is 5.32 Å².